The van der Waals surface area contributed by atoms with Crippen molar-refractivity contribution in [2.75, 3.05) is 18.1 Å². The first-order chi connectivity index (χ1) is 14.5. The largest absolute Gasteiger partial charge is 0.377 e. The highest BCUT2D eigenvalue weighted by atomic mass is 32.2. The van der Waals surface area contributed by atoms with Crippen LogP contribution in [0.1, 0.15) is 59.3 Å². The molecule has 8 heteroatoms. The Labute approximate surface area is 182 Å². The van der Waals surface area contributed by atoms with Crippen LogP contribution in [-0.4, -0.2) is 33.0 Å². The van der Waals surface area contributed by atoms with Gasteiger partial charge in [-0.3, -0.25) is 9.59 Å². The summed E-state index contributed by atoms with van der Waals surface area (Å²) in [4.78, 5) is 24.4. The molecule has 0 saturated carbocycles. The van der Waals surface area contributed by atoms with E-state index in [1.54, 1.807) is 12.1 Å². The second kappa shape index (κ2) is 7.67. The fourth-order valence-electron chi connectivity index (χ4n) is 4.59. The molecule has 2 aliphatic rings. The standard InChI is InChI=1S/C23H27N3O4S/c1-23(2)13-17-12-16(21(27)26-31(3,29)30)7-8-19(17)25-20(23)15-6-4-5-14(11-15)18-9-10-24-22(18)28/h4-8,11-12,18,20,25H,9-10,13H2,1-3H3,(H,24,28)(H,26,27). The van der Waals surface area contributed by atoms with Crippen molar-refractivity contribution in [3.05, 3.63) is 64.7 Å². The zero-order chi connectivity index (χ0) is 22.4. The van der Waals surface area contributed by atoms with Gasteiger partial charge in [-0.05, 0) is 53.1 Å². The summed E-state index contributed by atoms with van der Waals surface area (Å²) in [5.41, 5.74) is 4.18. The SMILES string of the molecule is CC1(C)Cc2cc(C(=O)NS(C)(=O)=O)ccc2NC1c1cccc(C2CCNC2=O)c1. The van der Waals surface area contributed by atoms with E-state index in [4.69, 9.17) is 0 Å². The molecule has 2 aromatic rings. The lowest BCUT2D eigenvalue weighted by atomic mass is 9.72. The molecule has 1 fully saturated rings. The maximum atomic E-state index is 12.2. The Morgan fingerprint density at radius 2 is 1.87 bits per heavy atom. The number of benzene rings is 2. The number of amides is 2. The molecule has 2 aromatic carbocycles. The van der Waals surface area contributed by atoms with Crippen LogP contribution >= 0.6 is 0 Å². The lowest BCUT2D eigenvalue weighted by Crippen LogP contribution is -2.35. The highest BCUT2D eigenvalue weighted by Gasteiger charge is 2.37. The molecule has 0 bridgehead atoms. The Morgan fingerprint density at radius 1 is 1.13 bits per heavy atom. The minimum Gasteiger partial charge on any atom is -0.377 e. The van der Waals surface area contributed by atoms with Crippen LogP contribution < -0.4 is 15.4 Å². The van der Waals surface area contributed by atoms with Crippen LogP contribution in [0.25, 0.3) is 0 Å². The van der Waals surface area contributed by atoms with Crippen LogP contribution in [0.5, 0.6) is 0 Å². The van der Waals surface area contributed by atoms with Crippen molar-refractivity contribution >= 4 is 27.5 Å². The molecular formula is C23H27N3O4S. The van der Waals surface area contributed by atoms with Crippen molar-refractivity contribution in [1.29, 1.82) is 0 Å². The molecule has 0 aromatic heterocycles. The van der Waals surface area contributed by atoms with Crippen LogP contribution in [0.2, 0.25) is 0 Å². The molecule has 2 aliphatic heterocycles. The van der Waals surface area contributed by atoms with E-state index in [1.165, 1.54) is 0 Å². The highest BCUT2D eigenvalue weighted by molar-refractivity contribution is 7.89. The van der Waals surface area contributed by atoms with Crippen molar-refractivity contribution in [3.63, 3.8) is 0 Å². The third-order valence-corrected chi connectivity index (χ3v) is 6.62. The third-order valence-electron chi connectivity index (χ3n) is 6.07. The van der Waals surface area contributed by atoms with E-state index < -0.39 is 15.9 Å². The number of rotatable bonds is 4. The summed E-state index contributed by atoms with van der Waals surface area (Å²) in [7, 11) is -3.62. The first kappa shape index (κ1) is 21.4. The Hall–Kier alpha value is -2.87. The Balaban J connectivity index is 1.62. The molecule has 2 unspecified atom stereocenters. The van der Waals surface area contributed by atoms with E-state index in [-0.39, 0.29) is 23.3 Å². The van der Waals surface area contributed by atoms with Crippen LogP contribution in [0, 0.1) is 5.41 Å². The van der Waals surface area contributed by atoms with Gasteiger partial charge < -0.3 is 10.6 Å². The fourth-order valence-corrected chi connectivity index (χ4v) is 5.05. The van der Waals surface area contributed by atoms with Crippen LogP contribution in [-0.2, 0) is 21.2 Å². The molecule has 3 N–H and O–H groups in total. The number of anilines is 1. The summed E-state index contributed by atoms with van der Waals surface area (Å²) in [6, 6.07) is 13.4. The maximum Gasteiger partial charge on any atom is 0.264 e. The molecule has 2 amide bonds. The second-order valence-corrected chi connectivity index (χ2v) is 10.9. The van der Waals surface area contributed by atoms with Gasteiger partial charge in [0.15, 0.2) is 0 Å². The second-order valence-electron chi connectivity index (χ2n) is 9.12. The molecule has 164 valence electrons. The Morgan fingerprint density at radius 3 is 2.55 bits per heavy atom. The zero-order valence-corrected chi connectivity index (χ0v) is 18.7. The van der Waals surface area contributed by atoms with Crippen molar-refractivity contribution in [2.24, 2.45) is 5.41 Å². The van der Waals surface area contributed by atoms with E-state index in [9.17, 15) is 18.0 Å². The molecule has 7 nitrogen and oxygen atoms in total. The lowest BCUT2D eigenvalue weighted by Gasteiger charge is -2.41. The van der Waals surface area contributed by atoms with Gasteiger partial charge in [-0.2, -0.15) is 0 Å². The van der Waals surface area contributed by atoms with Gasteiger partial charge in [0.25, 0.3) is 5.91 Å². The third kappa shape index (κ3) is 4.44. The normalized spacial score (nSPS) is 22.2. The van der Waals surface area contributed by atoms with Crippen molar-refractivity contribution in [2.45, 2.75) is 38.6 Å². The van der Waals surface area contributed by atoms with Crippen LogP contribution in [0.3, 0.4) is 0 Å². The average molecular weight is 442 g/mol. The molecule has 0 aliphatic carbocycles. The average Bonchev–Trinajstić information content (AvgIpc) is 3.11. The van der Waals surface area contributed by atoms with Gasteiger partial charge in [0.2, 0.25) is 15.9 Å². The van der Waals surface area contributed by atoms with Gasteiger partial charge in [-0.1, -0.05) is 38.1 Å². The quantitative estimate of drug-likeness (QED) is 0.677. The molecular weight excluding hydrogens is 414 g/mol. The predicted octanol–water partition coefficient (Wildman–Crippen LogP) is 2.72. The number of carbonyl (C=O) groups excluding carboxylic acids is 2. The highest BCUT2D eigenvalue weighted by Crippen LogP contribution is 2.45. The summed E-state index contributed by atoms with van der Waals surface area (Å²) in [6.07, 6.45) is 2.49. The number of sulfonamides is 1. The molecule has 2 heterocycles. The number of carbonyl (C=O) groups is 2. The topological polar surface area (TPSA) is 104 Å². The minimum atomic E-state index is -3.62. The van der Waals surface area contributed by atoms with Gasteiger partial charge in [0.1, 0.15) is 0 Å². The number of hydrogen-bond donors (Lipinski definition) is 3. The molecule has 2 atom stereocenters. The van der Waals surface area contributed by atoms with Crippen LogP contribution in [0.15, 0.2) is 42.5 Å². The molecule has 31 heavy (non-hydrogen) atoms. The first-order valence-corrected chi connectivity index (χ1v) is 12.2. The maximum absolute atomic E-state index is 12.2. The summed E-state index contributed by atoms with van der Waals surface area (Å²) < 4.78 is 24.8. The predicted molar refractivity (Wildman–Crippen MR) is 119 cm³/mol. The molecule has 0 spiro atoms. The number of fused-ring (bicyclic) bond motifs is 1. The van der Waals surface area contributed by atoms with Crippen LogP contribution in [0.4, 0.5) is 5.69 Å². The van der Waals surface area contributed by atoms with Gasteiger partial charge >= 0.3 is 0 Å². The smallest absolute Gasteiger partial charge is 0.264 e. The van der Waals surface area contributed by atoms with Gasteiger partial charge in [0.05, 0.1) is 18.2 Å². The van der Waals surface area contributed by atoms with Gasteiger partial charge in [-0.15, -0.1) is 0 Å². The van der Waals surface area contributed by atoms with E-state index in [1.807, 2.05) is 22.9 Å². The molecule has 4 rings (SSSR count). The van der Waals surface area contributed by atoms with E-state index in [0.29, 0.717) is 18.5 Å². The number of nitrogens with one attached hydrogen (secondary N) is 3. The summed E-state index contributed by atoms with van der Waals surface area (Å²) in [5, 5.41) is 6.50. The molecule has 0 radical (unpaired) electrons. The Bertz CT molecular complexity index is 1160. The van der Waals surface area contributed by atoms with Crippen molar-refractivity contribution in [1.82, 2.24) is 10.0 Å². The molecule has 1 saturated heterocycles. The number of hydrogen-bond acceptors (Lipinski definition) is 5. The van der Waals surface area contributed by atoms with Gasteiger partial charge in [-0.25, -0.2) is 13.1 Å². The lowest BCUT2D eigenvalue weighted by molar-refractivity contribution is -0.120. The van der Waals surface area contributed by atoms with E-state index in [2.05, 4.69) is 36.6 Å². The van der Waals surface area contributed by atoms with Crippen molar-refractivity contribution in [3.8, 4) is 0 Å². The monoisotopic (exact) mass is 441 g/mol. The van der Waals surface area contributed by atoms with E-state index in [0.717, 1.165) is 35.1 Å². The first-order valence-electron chi connectivity index (χ1n) is 10.3. The fraction of sp³-hybridized carbons (Fsp3) is 0.391. The summed E-state index contributed by atoms with van der Waals surface area (Å²) >= 11 is 0. The summed E-state index contributed by atoms with van der Waals surface area (Å²) in [6.45, 7) is 5.03. The van der Waals surface area contributed by atoms with Gasteiger partial charge in [0, 0.05) is 17.8 Å². The zero-order valence-electron chi connectivity index (χ0n) is 17.9. The summed E-state index contributed by atoms with van der Waals surface area (Å²) in [5.74, 6) is -0.652. The minimum absolute atomic E-state index is 0.0279. The Kier molecular flexibility index (Phi) is 5.29. The van der Waals surface area contributed by atoms with Crippen molar-refractivity contribution < 1.29 is 18.0 Å². The van der Waals surface area contributed by atoms with E-state index >= 15 is 0 Å².